The number of morpholine rings is 1. The lowest BCUT2D eigenvalue weighted by atomic mass is 9.70. The molecule has 1 heterocycles. The van der Waals surface area contributed by atoms with Crippen LogP contribution in [0.4, 0.5) is 0 Å². The molecule has 112 valence electrons. The molecule has 0 aromatic carbocycles. The molecule has 2 fully saturated rings. The highest BCUT2D eigenvalue weighted by Crippen LogP contribution is 2.40. The van der Waals surface area contributed by atoms with Gasteiger partial charge in [-0.25, -0.2) is 0 Å². The predicted octanol–water partition coefficient (Wildman–Crippen LogP) is 2.67. The van der Waals surface area contributed by atoms with Crippen LogP contribution in [-0.4, -0.2) is 47.4 Å². The van der Waals surface area contributed by atoms with E-state index in [-0.39, 0.29) is 11.7 Å². The minimum absolute atomic E-state index is 0.0767. The van der Waals surface area contributed by atoms with Crippen LogP contribution >= 0.6 is 0 Å². The molecular weight excluding hydrogens is 238 g/mol. The molecule has 1 saturated carbocycles. The molecule has 1 aliphatic heterocycles. The standard InChI is InChI=1S/C16H31NO2/c1-15(2,3)12-6-7-14(18)13(10-12)17-8-9-19-16(4,5)11-17/h12-14,18H,6-11H2,1-5H3. The van der Waals surface area contributed by atoms with Gasteiger partial charge in [0.2, 0.25) is 0 Å². The molecule has 0 amide bonds. The summed E-state index contributed by atoms with van der Waals surface area (Å²) in [6, 6.07) is 0.321. The average molecular weight is 269 g/mol. The van der Waals surface area contributed by atoms with Crippen LogP contribution in [0.3, 0.4) is 0 Å². The molecule has 2 aliphatic rings. The number of hydrogen-bond acceptors (Lipinski definition) is 3. The molecule has 1 saturated heterocycles. The zero-order valence-corrected chi connectivity index (χ0v) is 13.3. The molecular formula is C16H31NO2. The maximum atomic E-state index is 10.4. The Morgan fingerprint density at radius 2 is 1.89 bits per heavy atom. The van der Waals surface area contributed by atoms with Gasteiger partial charge in [-0.1, -0.05) is 20.8 Å². The molecule has 19 heavy (non-hydrogen) atoms. The lowest BCUT2D eigenvalue weighted by Crippen LogP contribution is -2.57. The first kappa shape index (κ1) is 15.3. The fourth-order valence-corrected chi connectivity index (χ4v) is 3.65. The highest BCUT2D eigenvalue weighted by atomic mass is 16.5. The topological polar surface area (TPSA) is 32.7 Å². The summed E-state index contributed by atoms with van der Waals surface area (Å²) in [7, 11) is 0. The average Bonchev–Trinajstić information content (AvgIpc) is 2.26. The smallest absolute Gasteiger partial charge is 0.0753 e. The molecule has 0 aromatic rings. The first-order valence-corrected chi connectivity index (χ1v) is 7.75. The van der Waals surface area contributed by atoms with Gasteiger partial charge in [-0.2, -0.15) is 0 Å². The summed E-state index contributed by atoms with van der Waals surface area (Å²) in [5.74, 6) is 0.715. The summed E-state index contributed by atoms with van der Waals surface area (Å²) in [5, 5.41) is 10.4. The van der Waals surface area contributed by atoms with Gasteiger partial charge in [0.05, 0.1) is 18.3 Å². The third-order valence-corrected chi connectivity index (χ3v) is 4.93. The Morgan fingerprint density at radius 1 is 1.21 bits per heavy atom. The Labute approximate surface area is 118 Å². The molecule has 3 unspecified atom stereocenters. The van der Waals surface area contributed by atoms with Crippen molar-refractivity contribution in [2.75, 3.05) is 19.7 Å². The van der Waals surface area contributed by atoms with Gasteiger partial charge in [-0.15, -0.1) is 0 Å². The van der Waals surface area contributed by atoms with Crippen molar-refractivity contribution >= 4 is 0 Å². The van der Waals surface area contributed by atoms with Gasteiger partial charge < -0.3 is 9.84 Å². The quantitative estimate of drug-likeness (QED) is 0.794. The van der Waals surface area contributed by atoms with Crippen LogP contribution in [0.2, 0.25) is 0 Å². The number of hydrogen-bond donors (Lipinski definition) is 1. The van der Waals surface area contributed by atoms with Crippen molar-refractivity contribution < 1.29 is 9.84 Å². The summed E-state index contributed by atoms with van der Waals surface area (Å²) in [6.07, 6.45) is 3.08. The van der Waals surface area contributed by atoms with Crippen LogP contribution in [-0.2, 0) is 4.74 Å². The largest absolute Gasteiger partial charge is 0.391 e. The molecule has 0 radical (unpaired) electrons. The summed E-state index contributed by atoms with van der Waals surface area (Å²) < 4.78 is 5.79. The van der Waals surface area contributed by atoms with E-state index in [0.717, 1.165) is 39.0 Å². The fourth-order valence-electron chi connectivity index (χ4n) is 3.65. The second kappa shape index (κ2) is 5.34. The van der Waals surface area contributed by atoms with E-state index in [1.165, 1.54) is 0 Å². The maximum absolute atomic E-state index is 10.4. The number of rotatable bonds is 1. The Hall–Kier alpha value is -0.120. The molecule has 1 aliphatic carbocycles. The van der Waals surface area contributed by atoms with Crippen molar-refractivity contribution in [2.45, 2.75) is 71.6 Å². The minimum Gasteiger partial charge on any atom is -0.391 e. The van der Waals surface area contributed by atoms with Crippen molar-refractivity contribution in [2.24, 2.45) is 11.3 Å². The van der Waals surface area contributed by atoms with Crippen LogP contribution in [0, 0.1) is 11.3 Å². The van der Waals surface area contributed by atoms with Gasteiger partial charge in [0.15, 0.2) is 0 Å². The van der Waals surface area contributed by atoms with Crippen LogP contribution in [0.5, 0.6) is 0 Å². The van der Waals surface area contributed by atoms with Gasteiger partial charge in [0, 0.05) is 19.1 Å². The van der Waals surface area contributed by atoms with E-state index in [1.807, 2.05) is 0 Å². The maximum Gasteiger partial charge on any atom is 0.0753 e. The summed E-state index contributed by atoms with van der Waals surface area (Å²) in [5.41, 5.74) is 0.271. The van der Waals surface area contributed by atoms with Gasteiger partial charge >= 0.3 is 0 Å². The Morgan fingerprint density at radius 3 is 2.47 bits per heavy atom. The molecule has 0 bridgehead atoms. The number of ether oxygens (including phenoxy) is 1. The summed E-state index contributed by atoms with van der Waals surface area (Å²) in [4.78, 5) is 2.46. The van der Waals surface area contributed by atoms with Crippen LogP contribution < -0.4 is 0 Å². The predicted molar refractivity (Wildman–Crippen MR) is 78.2 cm³/mol. The number of aliphatic hydroxyl groups is 1. The van der Waals surface area contributed by atoms with Crippen molar-refractivity contribution in [1.29, 1.82) is 0 Å². The summed E-state index contributed by atoms with van der Waals surface area (Å²) in [6.45, 7) is 14.0. The van der Waals surface area contributed by atoms with E-state index in [9.17, 15) is 5.11 Å². The van der Waals surface area contributed by atoms with E-state index in [0.29, 0.717) is 17.4 Å². The molecule has 3 heteroatoms. The molecule has 3 atom stereocenters. The van der Waals surface area contributed by atoms with Crippen LogP contribution in [0.15, 0.2) is 0 Å². The zero-order valence-electron chi connectivity index (χ0n) is 13.3. The Bertz CT molecular complexity index is 305. The van der Waals surface area contributed by atoms with Crippen molar-refractivity contribution in [1.82, 2.24) is 4.90 Å². The Balaban J connectivity index is 2.04. The van der Waals surface area contributed by atoms with Crippen molar-refractivity contribution in [3.63, 3.8) is 0 Å². The van der Waals surface area contributed by atoms with Gasteiger partial charge in [-0.3, -0.25) is 4.90 Å². The van der Waals surface area contributed by atoms with Gasteiger partial charge in [0.1, 0.15) is 0 Å². The van der Waals surface area contributed by atoms with E-state index >= 15 is 0 Å². The van der Waals surface area contributed by atoms with Gasteiger partial charge in [-0.05, 0) is 44.4 Å². The highest BCUT2D eigenvalue weighted by Gasteiger charge is 2.40. The molecule has 1 N–H and O–H groups in total. The second-order valence-corrected chi connectivity index (χ2v) is 8.09. The van der Waals surface area contributed by atoms with E-state index in [4.69, 9.17) is 4.74 Å². The van der Waals surface area contributed by atoms with Crippen molar-refractivity contribution in [3.8, 4) is 0 Å². The third-order valence-electron chi connectivity index (χ3n) is 4.93. The molecule has 3 nitrogen and oxygen atoms in total. The van der Waals surface area contributed by atoms with E-state index in [2.05, 4.69) is 39.5 Å². The zero-order chi connectivity index (χ0) is 14.3. The minimum atomic E-state index is -0.160. The van der Waals surface area contributed by atoms with Crippen molar-refractivity contribution in [3.05, 3.63) is 0 Å². The van der Waals surface area contributed by atoms with E-state index in [1.54, 1.807) is 0 Å². The molecule has 0 spiro atoms. The molecule has 0 aromatic heterocycles. The van der Waals surface area contributed by atoms with Crippen LogP contribution in [0.1, 0.15) is 53.9 Å². The summed E-state index contributed by atoms with van der Waals surface area (Å²) >= 11 is 0. The second-order valence-electron chi connectivity index (χ2n) is 8.09. The lowest BCUT2D eigenvalue weighted by Gasteiger charge is -2.48. The number of aliphatic hydroxyl groups excluding tert-OH is 1. The highest BCUT2D eigenvalue weighted by molar-refractivity contribution is 4.93. The molecule has 2 rings (SSSR count). The first-order valence-electron chi connectivity index (χ1n) is 7.75. The lowest BCUT2D eigenvalue weighted by molar-refractivity contribution is -0.122. The number of nitrogens with zero attached hydrogens (tertiary/aromatic N) is 1. The Kier molecular flexibility index (Phi) is 4.29. The van der Waals surface area contributed by atoms with E-state index < -0.39 is 0 Å². The fraction of sp³-hybridized carbons (Fsp3) is 1.00. The monoisotopic (exact) mass is 269 g/mol. The van der Waals surface area contributed by atoms with Gasteiger partial charge in [0.25, 0.3) is 0 Å². The van der Waals surface area contributed by atoms with Crippen LogP contribution in [0.25, 0.3) is 0 Å². The third kappa shape index (κ3) is 3.71. The normalized spacial score (nSPS) is 37.3. The first-order chi connectivity index (χ1) is 8.69. The SMILES string of the molecule is CC1(C)CN(C2CC(C(C)(C)C)CCC2O)CCO1.